The summed E-state index contributed by atoms with van der Waals surface area (Å²) in [6.45, 7) is 0. The summed E-state index contributed by atoms with van der Waals surface area (Å²) in [7, 11) is 1.60. The zero-order chi connectivity index (χ0) is 12.5. The van der Waals surface area contributed by atoms with E-state index in [0.29, 0.717) is 23.3 Å². The molecule has 0 aromatic heterocycles. The molecule has 2 aliphatic rings. The van der Waals surface area contributed by atoms with Gasteiger partial charge in [0.2, 0.25) is 0 Å². The van der Waals surface area contributed by atoms with E-state index in [2.05, 4.69) is 5.32 Å². The molecule has 1 amide bonds. The Morgan fingerprint density at radius 3 is 2.78 bits per heavy atom. The number of para-hydroxylation sites is 1. The van der Waals surface area contributed by atoms with Gasteiger partial charge in [-0.15, -0.1) is 0 Å². The number of rotatable bonds is 3. The zero-order valence-corrected chi connectivity index (χ0v) is 10.7. The second kappa shape index (κ2) is 4.63. The molecule has 1 aromatic rings. The number of methoxy groups -OCH3 is 1. The van der Waals surface area contributed by atoms with Crippen LogP contribution in [0.2, 0.25) is 0 Å². The van der Waals surface area contributed by atoms with Gasteiger partial charge in [-0.1, -0.05) is 18.6 Å². The van der Waals surface area contributed by atoms with Gasteiger partial charge in [-0.05, 0) is 43.2 Å². The number of amides is 1. The fraction of sp³-hybridized carbons (Fsp3) is 0.533. The van der Waals surface area contributed by atoms with Crippen LogP contribution in [0.4, 0.5) is 0 Å². The van der Waals surface area contributed by atoms with E-state index in [1.165, 1.54) is 19.3 Å². The summed E-state index contributed by atoms with van der Waals surface area (Å²) < 4.78 is 5.23. The van der Waals surface area contributed by atoms with E-state index < -0.39 is 0 Å². The second-order valence-corrected chi connectivity index (χ2v) is 5.46. The van der Waals surface area contributed by atoms with Crippen molar-refractivity contribution in [2.75, 3.05) is 7.11 Å². The van der Waals surface area contributed by atoms with Crippen molar-refractivity contribution in [1.29, 1.82) is 0 Å². The average Bonchev–Trinajstić information content (AvgIpc) is 3.01. The molecule has 0 heterocycles. The van der Waals surface area contributed by atoms with Crippen molar-refractivity contribution in [2.24, 2.45) is 11.8 Å². The molecule has 3 atom stereocenters. The van der Waals surface area contributed by atoms with Gasteiger partial charge in [0.1, 0.15) is 5.75 Å². The first kappa shape index (κ1) is 11.6. The first-order chi connectivity index (χ1) is 8.78. The largest absolute Gasteiger partial charge is 0.496 e. The van der Waals surface area contributed by atoms with Crippen molar-refractivity contribution in [2.45, 2.75) is 31.7 Å². The van der Waals surface area contributed by atoms with Crippen molar-refractivity contribution in [1.82, 2.24) is 5.32 Å². The summed E-state index contributed by atoms with van der Waals surface area (Å²) in [5, 5.41) is 3.18. The smallest absolute Gasteiger partial charge is 0.255 e. The monoisotopic (exact) mass is 245 g/mol. The molecule has 3 nitrogen and oxygen atoms in total. The maximum atomic E-state index is 12.3. The molecule has 2 bridgehead atoms. The Labute approximate surface area is 108 Å². The third-order valence-corrected chi connectivity index (χ3v) is 4.41. The number of carbonyl (C=O) groups excluding carboxylic acids is 1. The molecule has 1 N–H and O–H groups in total. The highest BCUT2D eigenvalue weighted by Crippen LogP contribution is 2.44. The highest BCUT2D eigenvalue weighted by molar-refractivity contribution is 5.97. The lowest BCUT2D eigenvalue weighted by molar-refractivity contribution is 0.0920. The second-order valence-electron chi connectivity index (χ2n) is 5.46. The average molecular weight is 245 g/mol. The summed E-state index contributed by atoms with van der Waals surface area (Å²) in [6, 6.07) is 7.78. The van der Waals surface area contributed by atoms with Crippen LogP contribution >= 0.6 is 0 Å². The number of benzene rings is 1. The van der Waals surface area contributed by atoms with Crippen LogP contribution in [0.15, 0.2) is 24.3 Å². The highest BCUT2D eigenvalue weighted by Gasteiger charge is 2.40. The van der Waals surface area contributed by atoms with E-state index in [9.17, 15) is 4.79 Å². The SMILES string of the molecule is COc1ccccc1C(=O)N[C@@H]1C[C@H]2CC[C@H]1C2. The lowest BCUT2D eigenvalue weighted by Gasteiger charge is -2.23. The van der Waals surface area contributed by atoms with Crippen molar-refractivity contribution in [3.05, 3.63) is 29.8 Å². The van der Waals surface area contributed by atoms with Gasteiger partial charge in [-0.2, -0.15) is 0 Å². The van der Waals surface area contributed by atoms with E-state index >= 15 is 0 Å². The standard InChI is InChI=1S/C15H19NO2/c1-18-14-5-3-2-4-12(14)15(17)16-13-9-10-6-7-11(13)8-10/h2-5,10-11,13H,6-9H2,1H3,(H,16,17)/t10-,11-,13+/m0/s1. The number of hydrogen-bond donors (Lipinski definition) is 1. The summed E-state index contributed by atoms with van der Waals surface area (Å²) >= 11 is 0. The molecule has 96 valence electrons. The van der Waals surface area contributed by atoms with Gasteiger partial charge in [0.05, 0.1) is 12.7 Å². The highest BCUT2D eigenvalue weighted by atomic mass is 16.5. The summed E-state index contributed by atoms with van der Waals surface area (Å²) in [6.07, 6.45) is 5.09. The first-order valence-electron chi connectivity index (χ1n) is 6.72. The number of carbonyl (C=O) groups is 1. The predicted octanol–water partition coefficient (Wildman–Crippen LogP) is 2.61. The molecule has 0 spiro atoms. The first-order valence-corrected chi connectivity index (χ1v) is 6.72. The van der Waals surface area contributed by atoms with Gasteiger partial charge >= 0.3 is 0 Å². The van der Waals surface area contributed by atoms with E-state index in [-0.39, 0.29) is 5.91 Å². The molecule has 0 unspecified atom stereocenters. The van der Waals surface area contributed by atoms with Gasteiger partial charge < -0.3 is 10.1 Å². The van der Waals surface area contributed by atoms with Crippen molar-refractivity contribution in [3.63, 3.8) is 0 Å². The molecule has 2 aliphatic carbocycles. The minimum Gasteiger partial charge on any atom is -0.496 e. The van der Waals surface area contributed by atoms with E-state index in [1.807, 2.05) is 24.3 Å². The summed E-state index contributed by atoms with van der Waals surface area (Å²) in [5.74, 6) is 2.20. The molecular formula is C15H19NO2. The minimum absolute atomic E-state index is 0.00463. The van der Waals surface area contributed by atoms with Gasteiger partial charge in [0, 0.05) is 6.04 Å². The third-order valence-electron chi connectivity index (χ3n) is 4.41. The number of fused-ring (bicyclic) bond motifs is 2. The minimum atomic E-state index is 0.00463. The molecule has 18 heavy (non-hydrogen) atoms. The van der Waals surface area contributed by atoms with Crippen LogP contribution in [0.1, 0.15) is 36.0 Å². The Bertz CT molecular complexity index is 458. The Kier molecular flexibility index (Phi) is 2.98. The predicted molar refractivity (Wildman–Crippen MR) is 69.7 cm³/mol. The maximum absolute atomic E-state index is 12.3. The quantitative estimate of drug-likeness (QED) is 0.889. The van der Waals surface area contributed by atoms with Crippen LogP contribution in [0, 0.1) is 11.8 Å². The van der Waals surface area contributed by atoms with Crippen molar-refractivity contribution in [3.8, 4) is 5.75 Å². The fourth-order valence-corrected chi connectivity index (χ4v) is 3.50. The summed E-state index contributed by atoms with van der Waals surface area (Å²) in [4.78, 5) is 12.3. The Hall–Kier alpha value is -1.51. The van der Waals surface area contributed by atoms with Crippen LogP contribution in [0.3, 0.4) is 0 Å². The molecule has 0 radical (unpaired) electrons. The fourth-order valence-electron chi connectivity index (χ4n) is 3.50. The number of hydrogen-bond acceptors (Lipinski definition) is 2. The van der Waals surface area contributed by atoms with E-state index in [0.717, 1.165) is 12.3 Å². The summed E-state index contributed by atoms with van der Waals surface area (Å²) in [5.41, 5.74) is 0.641. The van der Waals surface area contributed by atoms with Gasteiger partial charge in [-0.3, -0.25) is 4.79 Å². The van der Waals surface area contributed by atoms with Crippen LogP contribution in [-0.4, -0.2) is 19.1 Å². The van der Waals surface area contributed by atoms with Crippen LogP contribution in [0.25, 0.3) is 0 Å². The third kappa shape index (κ3) is 1.98. The van der Waals surface area contributed by atoms with Gasteiger partial charge in [0.15, 0.2) is 0 Å². The van der Waals surface area contributed by atoms with Crippen LogP contribution in [-0.2, 0) is 0 Å². The number of ether oxygens (including phenoxy) is 1. The van der Waals surface area contributed by atoms with Crippen molar-refractivity contribution >= 4 is 5.91 Å². The molecule has 2 fully saturated rings. The Morgan fingerprint density at radius 2 is 2.11 bits per heavy atom. The lowest BCUT2D eigenvalue weighted by Crippen LogP contribution is -2.38. The van der Waals surface area contributed by atoms with Gasteiger partial charge in [-0.25, -0.2) is 0 Å². The Morgan fingerprint density at radius 1 is 1.28 bits per heavy atom. The molecule has 0 saturated heterocycles. The van der Waals surface area contributed by atoms with Crippen LogP contribution in [0.5, 0.6) is 5.75 Å². The normalized spacial score (nSPS) is 29.3. The zero-order valence-electron chi connectivity index (χ0n) is 10.7. The Balaban J connectivity index is 1.71. The molecule has 0 aliphatic heterocycles. The lowest BCUT2D eigenvalue weighted by atomic mass is 9.95. The molecule has 2 saturated carbocycles. The van der Waals surface area contributed by atoms with Crippen LogP contribution < -0.4 is 10.1 Å². The topological polar surface area (TPSA) is 38.3 Å². The number of nitrogens with one attached hydrogen (secondary N) is 1. The van der Waals surface area contributed by atoms with Crippen molar-refractivity contribution < 1.29 is 9.53 Å². The molecule has 3 heteroatoms. The maximum Gasteiger partial charge on any atom is 0.255 e. The van der Waals surface area contributed by atoms with Gasteiger partial charge in [0.25, 0.3) is 5.91 Å². The molecular weight excluding hydrogens is 226 g/mol. The van der Waals surface area contributed by atoms with E-state index in [1.54, 1.807) is 7.11 Å². The molecule has 1 aromatic carbocycles. The van der Waals surface area contributed by atoms with E-state index in [4.69, 9.17) is 4.74 Å². The molecule has 3 rings (SSSR count).